The van der Waals surface area contributed by atoms with Crippen LogP contribution in [-0.4, -0.2) is 30.1 Å². The second-order valence-electron chi connectivity index (χ2n) is 5.51. The Balaban J connectivity index is 1.39. The van der Waals surface area contributed by atoms with Crippen LogP contribution < -0.4 is 14.8 Å². The van der Waals surface area contributed by atoms with Crippen LogP contribution in [0.1, 0.15) is 18.1 Å². The third kappa shape index (κ3) is 4.87. The van der Waals surface area contributed by atoms with Crippen molar-refractivity contribution in [1.82, 2.24) is 5.32 Å². The van der Waals surface area contributed by atoms with Crippen LogP contribution in [0, 0.1) is 5.82 Å². The minimum absolute atomic E-state index is 0.132. The van der Waals surface area contributed by atoms with Crippen molar-refractivity contribution in [1.29, 1.82) is 0 Å². The van der Waals surface area contributed by atoms with Crippen molar-refractivity contribution in [3.63, 3.8) is 0 Å². The van der Waals surface area contributed by atoms with Crippen molar-refractivity contribution >= 4 is 17.7 Å². The van der Waals surface area contributed by atoms with Gasteiger partial charge in [-0.15, -0.1) is 11.8 Å². The molecular formula is C18H18FNO4S. The lowest BCUT2D eigenvalue weighted by Crippen LogP contribution is -2.27. The third-order valence-electron chi connectivity index (χ3n) is 3.70. The highest BCUT2D eigenvalue weighted by Crippen LogP contribution is 2.34. The zero-order valence-electron chi connectivity index (χ0n) is 13.4. The third-order valence-corrected chi connectivity index (χ3v) is 4.72. The molecule has 2 N–H and O–H groups in total. The Hall–Kier alpha value is -2.25. The van der Waals surface area contributed by atoms with Crippen molar-refractivity contribution in [2.75, 3.05) is 19.1 Å². The number of hydrogen-bond donors (Lipinski definition) is 2. The van der Waals surface area contributed by atoms with Crippen LogP contribution in [0.2, 0.25) is 0 Å². The fourth-order valence-electron chi connectivity index (χ4n) is 2.37. The van der Waals surface area contributed by atoms with Gasteiger partial charge in [-0.2, -0.15) is 0 Å². The quantitative estimate of drug-likeness (QED) is 0.741. The number of rotatable bonds is 7. The molecule has 25 heavy (non-hydrogen) atoms. The van der Waals surface area contributed by atoms with Gasteiger partial charge >= 0.3 is 0 Å². The Morgan fingerprint density at radius 3 is 2.76 bits per heavy atom. The van der Waals surface area contributed by atoms with Crippen LogP contribution in [0.3, 0.4) is 0 Å². The summed E-state index contributed by atoms with van der Waals surface area (Å²) in [6.45, 7) is 0.551. The van der Waals surface area contributed by atoms with E-state index in [4.69, 9.17) is 9.47 Å². The highest BCUT2D eigenvalue weighted by molar-refractivity contribution is 8.00. The van der Waals surface area contributed by atoms with E-state index in [9.17, 15) is 14.3 Å². The summed E-state index contributed by atoms with van der Waals surface area (Å²) in [5, 5.41) is 13.0. The predicted molar refractivity (Wildman–Crippen MR) is 92.3 cm³/mol. The van der Waals surface area contributed by atoms with Gasteiger partial charge in [0.25, 0.3) is 0 Å². The number of halogens is 1. The molecule has 132 valence electrons. The van der Waals surface area contributed by atoms with Crippen LogP contribution >= 0.6 is 11.8 Å². The highest BCUT2D eigenvalue weighted by Gasteiger charge is 2.16. The number of aliphatic hydroxyl groups is 1. The minimum atomic E-state index is -0.695. The molecule has 3 rings (SSSR count). The van der Waals surface area contributed by atoms with Gasteiger partial charge in [0.15, 0.2) is 11.5 Å². The lowest BCUT2D eigenvalue weighted by atomic mass is 10.1. The molecule has 0 aliphatic carbocycles. The number of amides is 1. The molecular weight excluding hydrogens is 345 g/mol. The van der Waals surface area contributed by atoms with E-state index in [0.717, 1.165) is 10.5 Å². The molecule has 1 heterocycles. The van der Waals surface area contributed by atoms with Gasteiger partial charge in [-0.05, 0) is 48.4 Å². The molecule has 0 aromatic heterocycles. The zero-order chi connectivity index (χ0) is 17.6. The second-order valence-corrected chi connectivity index (χ2v) is 6.56. The summed E-state index contributed by atoms with van der Waals surface area (Å²) in [4.78, 5) is 12.7. The van der Waals surface area contributed by atoms with Gasteiger partial charge < -0.3 is 19.9 Å². The molecule has 0 spiro atoms. The smallest absolute Gasteiger partial charge is 0.231 e. The molecule has 2 aromatic rings. The number of carbonyl (C=O) groups excluding carboxylic acids is 1. The number of hydrogen-bond acceptors (Lipinski definition) is 5. The molecule has 0 saturated heterocycles. The van der Waals surface area contributed by atoms with Crippen LogP contribution in [0.5, 0.6) is 11.5 Å². The van der Waals surface area contributed by atoms with Gasteiger partial charge in [0, 0.05) is 11.4 Å². The number of fused-ring (bicyclic) bond motifs is 1. The van der Waals surface area contributed by atoms with E-state index in [-0.39, 0.29) is 24.3 Å². The van der Waals surface area contributed by atoms with E-state index < -0.39 is 6.10 Å². The molecule has 0 radical (unpaired) electrons. The standard InChI is InChI=1S/C18H18FNO4S/c19-13-2-4-14(5-3-13)25-10-18(22)20-8-7-15(21)12-1-6-16-17(9-12)24-11-23-16/h1-6,9,15,21H,7-8,10-11H2,(H,20,22). The summed E-state index contributed by atoms with van der Waals surface area (Å²) in [7, 11) is 0. The Kier molecular flexibility index (Phi) is 5.78. The fraction of sp³-hybridized carbons (Fsp3) is 0.278. The average Bonchev–Trinajstić information content (AvgIpc) is 3.09. The van der Waals surface area contributed by atoms with Gasteiger partial charge in [-0.1, -0.05) is 6.07 Å². The Morgan fingerprint density at radius 2 is 1.96 bits per heavy atom. The monoisotopic (exact) mass is 363 g/mol. The summed E-state index contributed by atoms with van der Waals surface area (Å²) >= 11 is 1.33. The first kappa shape index (κ1) is 17.6. The van der Waals surface area contributed by atoms with Crippen molar-refractivity contribution in [3.05, 3.63) is 53.8 Å². The summed E-state index contributed by atoms with van der Waals surface area (Å²) in [6.07, 6.45) is -0.299. The van der Waals surface area contributed by atoms with Crippen molar-refractivity contribution < 1.29 is 23.8 Å². The largest absolute Gasteiger partial charge is 0.454 e. The summed E-state index contributed by atoms with van der Waals surface area (Å²) in [6, 6.07) is 11.3. The number of ether oxygens (including phenoxy) is 2. The lowest BCUT2D eigenvalue weighted by molar-refractivity contribution is -0.118. The number of carbonyl (C=O) groups is 1. The molecule has 0 bridgehead atoms. The molecule has 0 fully saturated rings. The zero-order valence-corrected chi connectivity index (χ0v) is 14.2. The molecule has 0 saturated carbocycles. The second kappa shape index (κ2) is 8.22. The number of benzene rings is 2. The van der Waals surface area contributed by atoms with Gasteiger partial charge in [0.05, 0.1) is 11.9 Å². The lowest BCUT2D eigenvalue weighted by Gasteiger charge is -2.12. The number of aliphatic hydroxyl groups excluding tert-OH is 1. The average molecular weight is 363 g/mol. The molecule has 1 atom stereocenters. The van der Waals surface area contributed by atoms with E-state index in [2.05, 4.69) is 5.32 Å². The van der Waals surface area contributed by atoms with E-state index in [0.29, 0.717) is 24.5 Å². The Labute approximate surface area is 149 Å². The van der Waals surface area contributed by atoms with Crippen molar-refractivity contribution in [3.8, 4) is 11.5 Å². The molecule has 5 nitrogen and oxygen atoms in total. The van der Waals surface area contributed by atoms with Gasteiger partial charge in [0.1, 0.15) is 5.82 Å². The first-order valence-electron chi connectivity index (χ1n) is 7.84. The van der Waals surface area contributed by atoms with Crippen molar-refractivity contribution in [2.24, 2.45) is 0 Å². The Bertz CT molecular complexity index is 738. The summed E-state index contributed by atoms with van der Waals surface area (Å²) in [5.41, 5.74) is 0.721. The Morgan fingerprint density at radius 1 is 1.20 bits per heavy atom. The fourth-order valence-corrected chi connectivity index (χ4v) is 3.09. The summed E-state index contributed by atoms with van der Waals surface area (Å²) < 4.78 is 23.3. The van der Waals surface area contributed by atoms with Gasteiger partial charge in [-0.3, -0.25) is 4.79 Å². The van der Waals surface area contributed by atoms with Crippen LogP contribution in [0.25, 0.3) is 0 Å². The molecule has 7 heteroatoms. The van der Waals surface area contributed by atoms with E-state index >= 15 is 0 Å². The number of thioether (sulfide) groups is 1. The first-order chi connectivity index (χ1) is 12.1. The predicted octanol–water partition coefficient (Wildman–Crippen LogP) is 2.89. The summed E-state index contributed by atoms with van der Waals surface area (Å²) in [5.74, 6) is 1.10. The first-order valence-corrected chi connectivity index (χ1v) is 8.83. The number of nitrogens with one attached hydrogen (secondary N) is 1. The van der Waals surface area contributed by atoms with Gasteiger partial charge in [-0.25, -0.2) is 4.39 Å². The van der Waals surface area contributed by atoms with Crippen LogP contribution in [0.4, 0.5) is 4.39 Å². The molecule has 2 aromatic carbocycles. The van der Waals surface area contributed by atoms with Crippen LogP contribution in [-0.2, 0) is 4.79 Å². The van der Waals surface area contributed by atoms with E-state index in [1.54, 1.807) is 30.3 Å². The molecule has 1 unspecified atom stereocenters. The molecule has 1 amide bonds. The topological polar surface area (TPSA) is 67.8 Å². The minimum Gasteiger partial charge on any atom is -0.454 e. The maximum absolute atomic E-state index is 12.8. The highest BCUT2D eigenvalue weighted by atomic mass is 32.2. The van der Waals surface area contributed by atoms with E-state index in [1.165, 1.54) is 23.9 Å². The maximum atomic E-state index is 12.8. The maximum Gasteiger partial charge on any atom is 0.231 e. The van der Waals surface area contributed by atoms with E-state index in [1.807, 2.05) is 0 Å². The molecule has 1 aliphatic heterocycles. The van der Waals surface area contributed by atoms with Crippen LogP contribution in [0.15, 0.2) is 47.4 Å². The van der Waals surface area contributed by atoms with Crippen molar-refractivity contribution in [2.45, 2.75) is 17.4 Å². The molecule has 1 aliphatic rings. The van der Waals surface area contributed by atoms with Gasteiger partial charge in [0.2, 0.25) is 12.7 Å². The SMILES string of the molecule is O=C(CSc1ccc(F)cc1)NCCC(O)c1ccc2c(c1)OCO2. The normalized spacial score (nSPS) is 13.5.